The summed E-state index contributed by atoms with van der Waals surface area (Å²) in [5.41, 5.74) is 1.09. The number of carboxylic acid groups (broad SMARTS) is 1. The number of carboxylic acids is 1. The molecule has 6 nitrogen and oxygen atoms in total. The smallest absolute Gasteiger partial charge is 0.338 e. The van der Waals surface area contributed by atoms with Gasteiger partial charge in [0.2, 0.25) is 0 Å². The molecule has 0 saturated carbocycles. The van der Waals surface area contributed by atoms with E-state index in [1.54, 1.807) is 24.3 Å². The maximum absolute atomic E-state index is 11.9. The third kappa shape index (κ3) is 3.19. The van der Waals surface area contributed by atoms with Gasteiger partial charge in [-0.2, -0.15) is 0 Å². The Labute approximate surface area is 139 Å². The molecule has 3 rings (SSSR count). The molecule has 1 N–H and O–H groups in total. The zero-order valence-corrected chi connectivity index (χ0v) is 13.4. The number of carbonyl (C=O) groups is 2. The number of hydrogen-bond donors (Lipinski definition) is 1. The summed E-state index contributed by atoms with van der Waals surface area (Å²) < 4.78 is 10.7. The fourth-order valence-electron chi connectivity index (χ4n) is 3.09. The number of furan rings is 1. The summed E-state index contributed by atoms with van der Waals surface area (Å²) in [4.78, 5) is 25.0. The van der Waals surface area contributed by atoms with Crippen LogP contribution in [0.25, 0.3) is 11.3 Å². The number of aliphatic carboxylic acids is 1. The second-order valence-electron chi connectivity index (χ2n) is 5.77. The first-order valence-corrected chi connectivity index (χ1v) is 7.83. The van der Waals surface area contributed by atoms with Crippen molar-refractivity contribution in [1.29, 1.82) is 0 Å². The Bertz CT molecular complexity index is 751. The minimum Gasteiger partial charge on any atom is -0.480 e. The van der Waals surface area contributed by atoms with Crippen molar-refractivity contribution in [2.24, 2.45) is 0 Å². The van der Waals surface area contributed by atoms with Crippen molar-refractivity contribution in [1.82, 2.24) is 4.90 Å². The Morgan fingerprint density at radius 2 is 2.08 bits per heavy atom. The summed E-state index contributed by atoms with van der Waals surface area (Å²) in [5.74, 6) is 0.0271. The summed E-state index contributed by atoms with van der Waals surface area (Å²) >= 11 is 0. The Hall–Kier alpha value is -2.60. The lowest BCUT2D eigenvalue weighted by atomic mass is 10.1. The van der Waals surface area contributed by atoms with Crippen LogP contribution in [0.1, 0.15) is 29.0 Å². The highest BCUT2D eigenvalue weighted by Gasteiger charge is 2.31. The predicted molar refractivity (Wildman–Crippen MR) is 86.6 cm³/mol. The van der Waals surface area contributed by atoms with Gasteiger partial charge in [-0.25, -0.2) is 4.79 Å². The maximum atomic E-state index is 11.9. The van der Waals surface area contributed by atoms with Crippen molar-refractivity contribution in [3.05, 3.63) is 47.7 Å². The first-order valence-electron chi connectivity index (χ1n) is 7.83. The number of carbonyl (C=O) groups excluding carboxylic acids is 1. The molecule has 0 aliphatic carbocycles. The number of methoxy groups -OCH3 is 1. The number of nitrogens with zero attached hydrogens (tertiary/aromatic N) is 1. The highest BCUT2D eigenvalue weighted by Crippen LogP contribution is 2.28. The van der Waals surface area contributed by atoms with Crippen molar-refractivity contribution in [2.75, 3.05) is 13.7 Å². The van der Waals surface area contributed by atoms with E-state index >= 15 is 0 Å². The minimum atomic E-state index is -0.796. The lowest BCUT2D eigenvalue weighted by molar-refractivity contribution is -0.142. The van der Waals surface area contributed by atoms with Crippen LogP contribution in [0.3, 0.4) is 0 Å². The largest absolute Gasteiger partial charge is 0.480 e. The van der Waals surface area contributed by atoms with Gasteiger partial charge in [-0.1, -0.05) is 18.2 Å². The first-order chi connectivity index (χ1) is 11.6. The molecule has 126 valence electrons. The van der Waals surface area contributed by atoms with Crippen LogP contribution in [0.15, 0.2) is 40.8 Å². The molecule has 1 fully saturated rings. The molecule has 1 aromatic heterocycles. The van der Waals surface area contributed by atoms with Gasteiger partial charge in [-0.05, 0) is 37.6 Å². The van der Waals surface area contributed by atoms with Gasteiger partial charge < -0.3 is 14.3 Å². The van der Waals surface area contributed by atoms with E-state index in [4.69, 9.17) is 9.15 Å². The third-order valence-electron chi connectivity index (χ3n) is 4.27. The molecule has 0 amide bonds. The van der Waals surface area contributed by atoms with Crippen LogP contribution < -0.4 is 0 Å². The lowest BCUT2D eigenvalue weighted by Gasteiger charge is -2.19. The summed E-state index contributed by atoms with van der Waals surface area (Å²) in [6, 6.07) is 10.2. The summed E-state index contributed by atoms with van der Waals surface area (Å²) in [7, 11) is 1.34. The quantitative estimate of drug-likeness (QED) is 0.850. The van der Waals surface area contributed by atoms with Crippen molar-refractivity contribution < 1.29 is 23.8 Å². The van der Waals surface area contributed by atoms with Gasteiger partial charge in [0, 0.05) is 5.56 Å². The average Bonchev–Trinajstić information content (AvgIpc) is 3.24. The SMILES string of the molecule is COC(=O)c1ccccc1-c1ccc(CN2CCC[C@@H]2C(=O)O)o1. The topological polar surface area (TPSA) is 80.0 Å². The molecule has 1 atom stereocenters. The molecular weight excluding hydrogens is 310 g/mol. The number of rotatable bonds is 5. The van der Waals surface area contributed by atoms with E-state index in [9.17, 15) is 14.7 Å². The van der Waals surface area contributed by atoms with Gasteiger partial charge in [-0.15, -0.1) is 0 Å². The van der Waals surface area contributed by atoms with Crippen LogP contribution in [-0.4, -0.2) is 41.6 Å². The molecule has 24 heavy (non-hydrogen) atoms. The van der Waals surface area contributed by atoms with E-state index in [0.717, 1.165) is 13.0 Å². The normalized spacial score (nSPS) is 17.8. The van der Waals surface area contributed by atoms with Crippen molar-refractivity contribution in [3.8, 4) is 11.3 Å². The van der Waals surface area contributed by atoms with Crippen LogP contribution in [0.5, 0.6) is 0 Å². The van der Waals surface area contributed by atoms with E-state index in [1.165, 1.54) is 7.11 Å². The van der Waals surface area contributed by atoms with E-state index in [1.807, 2.05) is 17.0 Å². The number of ether oxygens (including phenoxy) is 1. The molecule has 0 bridgehead atoms. The van der Waals surface area contributed by atoms with Crippen molar-refractivity contribution in [3.63, 3.8) is 0 Å². The fraction of sp³-hybridized carbons (Fsp3) is 0.333. The summed E-state index contributed by atoms with van der Waals surface area (Å²) in [6.45, 7) is 1.18. The molecule has 0 radical (unpaired) electrons. The first kappa shape index (κ1) is 16.3. The highest BCUT2D eigenvalue weighted by atomic mass is 16.5. The van der Waals surface area contributed by atoms with Gasteiger partial charge in [0.25, 0.3) is 0 Å². The molecule has 6 heteroatoms. The zero-order chi connectivity index (χ0) is 17.1. The molecule has 1 aliphatic rings. The van der Waals surface area contributed by atoms with Gasteiger partial charge in [0.05, 0.1) is 19.2 Å². The van der Waals surface area contributed by atoms with Crippen molar-refractivity contribution in [2.45, 2.75) is 25.4 Å². The average molecular weight is 329 g/mol. The third-order valence-corrected chi connectivity index (χ3v) is 4.27. The number of esters is 1. The molecule has 0 spiro atoms. The van der Waals surface area contributed by atoms with Crippen LogP contribution >= 0.6 is 0 Å². The standard InChI is InChI=1S/C18H19NO5/c1-23-18(22)14-6-3-2-5-13(14)16-9-8-12(24-16)11-19-10-4-7-15(19)17(20)21/h2-3,5-6,8-9,15H,4,7,10-11H2,1H3,(H,20,21)/t15-/m1/s1. The second kappa shape index (κ2) is 6.88. The van der Waals surface area contributed by atoms with E-state index in [2.05, 4.69) is 0 Å². The molecule has 1 aromatic carbocycles. The van der Waals surface area contributed by atoms with Gasteiger partial charge in [0.15, 0.2) is 0 Å². The van der Waals surface area contributed by atoms with E-state index in [0.29, 0.717) is 35.6 Å². The Morgan fingerprint density at radius 1 is 1.29 bits per heavy atom. The van der Waals surface area contributed by atoms with Crippen LogP contribution in [0.2, 0.25) is 0 Å². The van der Waals surface area contributed by atoms with Crippen LogP contribution in [-0.2, 0) is 16.1 Å². The second-order valence-corrected chi connectivity index (χ2v) is 5.77. The van der Waals surface area contributed by atoms with E-state index in [-0.39, 0.29) is 0 Å². The monoisotopic (exact) mass is 329 g/mol. The van der Waals surface area contributed by atoms with E-state index < -0.39 is 18.0 Å². The summed E-state index contributed by atoms with van der Waals surface area (Å²) in [6.07, 6.45) is 1.53. The van der Waals surface area contributed by atoms with Gasteiger partial charge in [0.1, 0.15) is 17.6 Å². The molecular formula is C18H19NO5. The number of hydrogen-bond acceptors (Lipinski definition) is 5. The Morgan fingerprint density at radius 3 is 2.83 bits per heavy atom. The zero-order valence-electron chi connectivity index (χ0n) is 13.4. The molecule has 0 unspecified atom stereocenters. The lowest BCUT2D eigenvalue weighted by Crippen LogP contribution is -2.35. The fourth-order valence-corrected chi connectivity index (χ4v) is 3.09. The van der Waals surface area contributed by atoms with Crippen LogP contribution in [0.4, 0.5) is 0 Å². The summed E-state index contributed by atoms with van der Waals surface area (Å²) in [5, 5.41) is 9.25. The minimum absolute atomic E-state index is 0.422. The maximum Gasteiger partial charge on any atom is 0.338 e. The Balaban J connectivity index is 1.82. The molecule has 1 aliphatic heterocycles. The predicted octanol–water partition coefficient (Wildman–Crippen LogP) is 2.78. The molecule has 2 heterocycles. The number of benzene rings is 1. The Kier molecular flexibility index (Phi) is 4.66. The highest BCUT2D eigenvalue weighted by molar-refractivity contribution is 5.96. The van der Waals surface area contributed by atoms with Gasteiger partial charge >= 0.3 is 11.9 Å². The van der Waals surface area contributed by atoms with Crippen LogP contribution in [0, 0.1) is 0 Å². The number of likely N-dealkylation sites (tertiary alicyclic amines) is 1. The molecule has 1 saturated heterocycles. The van der Waals surface area contributed by atoms with Gasteiger partial charge in [-0.3, -0.25) is 9.69 Å². The van der Waals surface area contributed by atoms with Crippen molar-refractivity contribution >= 4 is 11.9 Å². The molecule has 2 aromatic rings.